The zero-order chi connectivity index (χ0) is 24.1. The lowest BCUT2D eigenvalue weighted by Gasteiger charge is -2.21. The van der Waals surface area contributed by atoms with Gasteiger partial charge in [0.1, 0.15) is 0 Å². The molecule has 1 aromatic heterocycles. The number of hydrogen-bond acceptors (Lipinski definition) is 7. The SMILES string of the molecule is C#CCCCCc1cc(CN(CC(=O)O)CC(=O)O)nc(CN(CC(=O)O)CC(=O)O)c1. The molecule has 0 aromatic carbocycles. The van der Waals surface area contributed by atoms with Crippen LogP contribution in [0.1, 0.15) is 36.2 Å². The molecule has 4 N–H and O–H groups in total. The van der Waals surface area contributed by atoms with Crippen molar-refractivity contribution < 1.29 is 39.6 Å². The molecule has 1 heterocycles. The highest BCUT2D eigenvalue weighted by atomic mass is 16.4. The highest BCUT2D eigenvalue weighted by molar-refractivity contribution is 5.73. The Hall–Kier alpha value is -3.49. The van der Waals surface area contributed by atoms with Gasteiger partial charge in [-0.1, -0.05) is 0 Å². The molecule has 0 saturated heterocycles. The minimum Gasteiger partial charge on any atom is -0.480 e. The quantitative estimate of drug-likeness (QED) is 0.203. The zero-order valence-electron chi connectivity index (χ0n) is 17.6. The molecule has 0 radical (unpaired) electrons. The minimum atomic E-state index is -1.19. The van der Waals surface area contributed by atoms with E-state index in [4.69, 9.17) is 26.8 Å². The number of aromatic nitrogens is 1. The van der Waals surface area contributed by atoms with Crippen LogP contribution in [0, 0.1) is 12.3 Å². The van der Waals surface area contributed by atoms with Gasteiger partial charge in [0, 0.05) is 19.5 Å². The molecule has 11 nitrogen and oxygen atoms in total. The largest absolute Gasteiger partial charge is 0.480 e. The second-order valence-electron chi connectivity index (χ2n) is 7.23. The van der Waals surface area contributed by atoms with E-state index >= 15 is 0 Å². The molecule has 174 valence electrons. The summed E-state index contributed by atoms with van der Waals surface area (Å²) < 4.78 is 0. The molecular weight excluding hydrogens is 422 g/mol. The Labute approximate surface area is 185 Å². The maximum Gasteiger partial charge on any atom is 0.317 e. The molecule has 0 spiro atoms. The Kier molecular flexibility index (Phi) is 11.4. The first-order valence-electron chi connectivity index (χ1n) is 9.83. The van der Waals surface area contributed by atoms with Gasteiger partial charge in [-0.2, -0.15) is 0 Å². The van der Waals surface area contributed by atoms with Crippen molar-refractivity contribution in [1.29, 1.82) is 0 Å². The van der Waals surface area contributed by atoms with Crippen LogP contribution in [0.25, 0.3) is 0 Å². The Morgan fingerprint density at radius 2 is 1.19 bits per heavy atom. The molecule has 11 heteroatoms. The van der Waals surface area contributed by atoms with E-state index in [1.165, 1.54) is 9.80 Å². The van der Waals surface area contributed by atoms with E-state index in [1.807, 2.05) is 0 Å². The van der Waals surface area contributed by atoms with Gasteiger partial charge in [0.2, 0.25) is 0 Å². The normalized spacial score (nSPS) is 10.8. The van der Waals surface area contributed by atoms with E-state index in [0.717, 1.165) is 18.4 Å². The standard InChI is InChI=1S/C21H27N3O8/c1-2-3-4-5-6-15-7-16(9-23(11-18(25)26)12-19(27)28)22-17(8-15)10-24(13-20(29)30)14-21(31)32/h1,7-8H,3-6,9-14H2,(H,25,26)(H,27,28)(H,29,30)(H,31,32). The lowest BCUT2D eigenvalue weighted by atomic mass is 10.1. The third kappa shape index (κ3) is 11.6. The summed E-state index contributed by atoms with van der Waals surface area (Å²) in [5.74, 6) is -2.20. The lowest BCUT2D eigenvalue weighted by Crippen LogP contribution is -2.35. The number of terminal acetylenes is 1. The number of aryl methyl sites for hydroxylation is 1. The first-order chi connectivity index (χ1) is 15.1. The van der Waals surface area contributed by atoms with E-state index in [1.54, 1.807) is 12.1 Å². The lowest BCUT2D eigenvalue weighted by molar-refractivity contribution is -0.144. The van der Waals surface area contributed by atoms with E-state index in [9.17, 15) is 19.2 Å². The van der Waals surface area contributed by atoms with E-state index in [2.05, 4.69) is 10.9 Å². The topological polar surface area (TPSA) is 169 Å². The Morgan fingerprint density at radius 3 is 1.53 bits per heavy atom. The molecular formula is C21H27N3O8. The molecule has 1 aromatic rings. The molecule has 0 unspecified atom stereocenters. The molecule has 0 aliphatic carbocycles. The molecule has 0 amide bonds. The number of carbonyl (C=O) groups is 4. The van der Waals surface area contributed by atoms with Crippen molar-refractivity contribution in [3.05, 3.63) is 29.1 Å². The van der Waals surface area contributed by atoms with Crippen LogP contribution in [0.3, 0.4) is 0 Å². The molecule has 0 atom stereocenters. The predicted octanol–water partition coefficient (Wildman–Crippen LogP) is 0.370. The highest BCUT2D eigenvalue weighted by Gasteiger charge is 2.18. The minimum absolute atomic E-state index is 0.0539. The first kappa shape index (κ1) is 26.5. The molecule has 0 aliphatic rings. The Balaban J connectivity index is 3.16. The number of carboxylic acids is 4. The van der Waals surface area contributed by atoms with Gasteiger partial charge >= 0.3 is 23.9 Å². The Morgan fingerprint density at radius 1 is 0.781 bits per heavy atom. The zero-order valence-corrected chi connectivity index (χ0v) is 17.6. The third-order valence-corrected chi connectivity index (χ3v) is 4.23. The van der Waals surface area contributed by atoms with E-state index in [-0.39, 0.29) is 13.1 Å². The summed E-state index contributed by atoms with van der Waals surface area (Å²) in [6.07, 6.45) is 8.06. The van der Waals surface area contributed by atoms with Crippen molar-refractivity contribution >= 4 is 23.9 Å². The predicted molar refractivity (Wildman–Crippen MR) is 112 cm³/mol. The summed E-state index contributed by atoms with van der Waals surface area (Å²) in [6, 6.07) is 3.46. The summed E-state index contributed by atoms with van der Waals surface area (Å²) >= 11 is 0. The summed E-state index contributed by atoms with van der Waals surface area (Å²) in [7, 11) is 0. The molecule has 0 fully saturated rings. The molecule has 1 rings (SSSR count). The maximum atomic E-state index is 11.1. The number of hydrogen-bond donors (Lipinski definition) is 4. The molecule has 0 bridgehead atoms. The van der Waals surface area contributed by atoms with Crippen LogP contribution in [0.2, 0.25) is 0 Å². The van der Waals surface area contributed by atoms with Crippen molar-refractivity contribution in [2.75, 3.05) is 26.2 Å². The number of aliphatic carboxylic acids is 4. The van der Waals surface area contributed by atoms with Gasteiger partial charge in [0.15, 0.2) is 0 Å². The second kappa shape index (κ2) is 13.7. The van der Waals surface area contributed by atoms with Gasteiger partial charge in [0.05, 0.1) is 37.6 Å². The second-order valence-corrected chi connectivity index (χ2v) is 7.23. The number of nitrogens with zero attached hydrogens (tertiary/aromatic N) is 3. The van der Waals surface area contributed by atoms with Crippen molar-refractivity contribution in [1.82, 2.24) is 14.8 Å². The average Bonchev–Trinajstić information content (AvgIpc) is 2.63. The van der Waals surface area contributed by atoms with Crippen LogP contribution in [-0.4, -0.2) is 85.3 Å². The van der Waals surface area contributed by atoms with Crippen LogP contribution in [0.4, 0.5) is 0 Å². The number of unbranched alkanes of at least 4 members (excludes halogenated alkanes) is 2. The van der Waals surface area contributed by atoms with Crippen LogP contribution in [0.15, 0.2) is 12.1 Å². The fourth-order valence-corrected chi connectivity index (χ4v) is 3.14. The van der Waals surface area contributed by atoms with Gasteiger partial charge in [-0.25, -0.2) is 0 Å². The smallest absolute Gasteiger partial charge is 0.317 e. The van der Waals surface area contributed by atoms with Crippen LogP contribution < -0.4 is 0 Å². The van der Waals surface area contributed by atoms with Crippen molar-refractivity contribution in [2.24, 2.45) is 0 Å². The Bertz CT molecular complexity index is 777. The summed E-state index contributed by atoms with van der Waals surface area (Å²) in [6.45, 7) is -2.11. The van der Waals surface area contributed by atoms with Crippen LogP contribution in [-0.2, 0) is 38.7 Å². The van der Waals surface area contributed by atoms with Crippen LogP contribution >= 0.6 is 0 Å². The van der Waals surface area contributed by atoms with Gasteiger partial charge in [-0.15, -0.1) is 12.3 Å². The van der Waals surface area contributed by atoms with Gasteiger partial charge in [-0.3, -0.25) is 34.0 Å². The van der Waals surface area contributed by atoms with Crippen LogP contribution in [0.5, 0.6) is 0 Å². The van der Waals surface area contributed by atoms with Crippen molar-refractivity contribution in [3.63, 3.8) is 0 Å². The third-order valence-electron chi connectivity index (χ3n) is 4.23. The molecule has 0 saturated carbocycles. The molecule has 0 aliphatic heterocycles. The van der Waals surface area contributed by atoms with Gasteiger partial charge in [0.25, 0.3) is 0 Å². The highest BCUT2D eigenvalue weighted by Crippen LogP contribution is 2.14. The molecule has 32 heavy (non-hydrogen) atoms. The average molecular weight is 449 g/mol. The van der Waals surface area contributed by atoms with Gasteiger partial charge < -0.3 is 20.4 Å². The van der Waals surface area contributed by atoms with Gasteiger partial charge in [-0.05, 0) is 37.0 Å². The first-order valence-corrected chi connectivity index (χ1v) is 9.83. The van der Waals surface area contributed by atoms with Crippen molar-refractivity contribution in [2.45, 2.75) is 38.8 Å². The fraction of sp³-hybridized carbons (Fsp3) is 0.476. The summed E-state index contributed by atoms with van der Waals surface area (Å²) in [5, 5.41) is 36.2. The maximum absolute atomic E-state index is 11.1. The van der Waals surface area contributed by atoms with E-state index in [0.29, 0.717) is 24.2 Å². The number of rotatable bonds is 16. The number of carboxylic acid groups (broad SMARTS) is 4. The summed E-state index contributed by atoms with van der Waals surface area (Å²) in [5.41, 5.74) is 1.64. The van der Waals surface area contributed by atoms with E-state index < -0.39 is 50.1 Å². The number of pyridine rings is 1. The summed E-state index contributed by atoms with van der Waals surface area (Å²) in [4.78, 5) is 51.1. The fourth-order valence-electron chi connectivity index (χ4n) is 3.14. The van der Waals surface area contributed by atoms with Crippen molar-refractivity contribution in [3.8, 4) is 12.3 Å². The monoisotopic (exact) mass is 449 g/mol.